The zero-order valence-electron chi connectivity index (χ0n) is 14.8. The lowest BCUT2D eigenvalue weighted by atomic mass is 10.2. The first kappa shape index (κ1) is 18.6. The Kier molecular flexibility index (Phi) is 7.72. The zero-order chi connectivity index (χ0) is 16.5. The second-order valence-electron chi connectivity index (χ2n) is 6.32. The summed E-state index contributed by atoms with van der Waals surface area (Å²) in [5.74, 6) is 0. The molecule has 0 bridgehead atoms. The van der Waals surface area contributed by atoms with Gasteiger partial charge in [-0.15, -0.1) is 0 Å². The lowest BCUT2D eigenvalue weighted by Gasteiger charge is -2.38. The number of rotatable bonds is 7. The van der Waals surface area contributed by atoms with Gasteiger partial charge in [-0.25, -0.2) is 0 Å². The molecule has 0 N–H and O–H groups in total. The first-order valence-electron chi connectivity index (χ1n) is 8.69. The Hall–Kier alpha value is -0.723. The van der Waals surface area contributed by atoms with Gasteiger partial charge in [-0.05, 0) is 31.0 Å². The third-order valence-corrected chi connectivity index (χ3v) is 8.20. The van der Waals surface area contributed by atoms with Crippen molar-refractivity contribution < 1.29 is 13.6 Å². The van der Waals surface area contributed by atoms with E-state index in [9.17, 15) is 0 Å². The summed E-state index contributed by atoms with van der Waals surface area (Å²) in [5.41, 5.74) is 1.33. The number of methoxy groups -OCH3 is 1. The van der Waals surface area contributed by atoms with Crippen molar-refractivity contribution in [3.8, 4) is 0 Å². The highest BCUT2D eigenvalue weighted by atomic mass is 28.4. The van der Waals surface area contributed by atoms with E-state index in [0.717, 1.165) is 51.2 Å². The lowest BCUT2D eigenvalue weighted by molar-refractivity contribution is 0.0613. The van der Waals surface area contributed by atoms with Gasteiger partial charge in [-0.1, -0.05) is 37.3 Å². The minimum absolute atomic E-state index is 0.252. The molecule has 2 unspecified atom stereocenters. The summed E-state index contributed by atoms with van der Waals surface area (Å²) >= 11 is 0. The first-order valence-corrected chi connectivity index (χ1v) is 10.9. The van der Waals surface area contributed by atoms with Crippen LogP contribution in [0.15, 0.2) is 30.3 Å². The molecular formula is C18H31NO3Si. The van der Waals surface area contributed by atoms with Crippen LogP contribution in [-0.4, -0.2) is 60.0 Å². The van der Waals surface area contributed by atoms with Crippen LogP contribution in [0, 0.1) is 0 Å². The Balaban J connectivity index is 2.06. The Morgan fingerprint density at radius 2 is 2.04 bits per heavy atom. The average molecular weight is 338 g/mol. The van der Waals surface area contributed by atoms with E-state index in [1.807, 2.05) is 7.11 Å². The van der Waals surface area contributed by atoms with Gasteiger partial charge in [-0.3, -0.25) is 4.90 Å². The number of hydrogen-bond donors (Lipinski definition) is 0. The van der Waals surface area contributed by atoms with Crippen LogP contribution in [0.1, 0.15) is 25.3 Å². The highest BCUT2D eigenvalue weighted by Gasteiger charge is 2.40. The van der Waals surface area contributed by atoms with E-state index < -0.39 is 8.56 Å². The van der Waals surface area contributed by atoms with Gasteiger partial charge in [0.05, 0.1) is 12.7 Å². The highest BCUT2D eigenvalue weighted by Crippen LogP contribution is 2.26. The maximum Gasteiger partial charge on any atom is 0.342 e. The standard InChI is InChI=1S/C18H31NO3Si/c1-4-18-15-19(12-13-20-2)11-8-14-23(21-3,22-18)16-17-9-6-5-7-10-17/h5-7,9-10,18H,4,8,11-16H2,1-3H3. The smallest absolute Gasteiger partial charge is 0.342 e. The van der Waals surface area contributed by atoms with Crippen LogP contribution in [0.4, 0.5) is 0 Å². The Morgan fingerprint density at radius 1 is 1.26 bits per heavy atom. The van der Waals surface area contributed by atoms with Gasteiger partial charge in [0, 0.05) is 33.4 Å². The molecule has 23 heavy (non-hydrogen) atoms. The Bertz CT molecular complexity index is 445. The van der Waals surface area contributed by atoms with Crippen LogP contribution in [0.3, 0.4) is 0 Å². The molecule has 1 saturated heterocycles. The molecule has 0 spiro atoms. The SMILES string of the molecule is CCC1CN(CCOC)CCC[Si](Cc2ccccc2)(OC)O1. The molecule has 2 rings (SSSR count). The highest BCUT2D eigenvalue weighted by molar-refractivity contribution is 6.66. The summed E-state index contributed by atoms with van der Waals surface area (Å²) in [6, 6.07) is 12.6. The van der Waals surface area contributed by atoms with Crippen molar-refractivity contribution in [3.05, 3.63) is 35.9 Å². The van der Waals surface area contributed by atoms with Gasteiger partial charge in [0.25, 0.3) is 0 Å². The summed E-state index contributed by atoms with van der Waals surface area (Å²) in [4.78, 5) is 2.47. The summed E-state index contributed by atoms with van der Waals surface area (Å²) in [7, 11) is 1.42. The van der Waals surface area contributed by atoms with Crippen molar-refractivity contribution in [2.45, 2.75) is 38.0 Å². The number of ether oxygens (including phenoxy) is 1. The second kappa shape index (κ2) is 9.54. The molecule has 1 aliphatic rings. The van der Waals surface area contributed by atoms with Crippen molar-refractivity contribution in [1.82, 2.24) is 4.90 Å². The van der Waals surface area contributed by atoms with Crippen LogP contribution >= 0.6 is 0 Å². The van der Waals surface area contributed by atoms with E-state index in [2.05, 4.69) is 42.2 Å². The molecule has 0 aromatic heterocycles. The van der Waals surface area contributed by atoms with Gasteiger partial charge >= 0.3 is 8.56 Å². The van der Waals surface area contributed by atoms with Gasteiger partial charge in [-0.2, -0.15) is 0 Å². The minimum atomic E-state index is -2.18. The Morgan fingerprint density at radius 3 is 2.70 bits per heavy atom. The predicted octanol–water partition coefficient (Wildman–Crippen LogP) is 3.00. The molecule has 4 nitrogen and oxygen atoms in total. The third-order valence-electron chi connectivity index (χ3n) is 4.63. The van der Waals surface area contributed by atoms with E-state index >= 15 is 0 Å². The molecule has 1 aliphatic heterocycles. The normalized spacial score (nSPS) is 26.7. The van der Waals surface area contributed by atoms with Crippen LogP contribution in [0.5, 0.6) is 0 Å². The number of hydrogen-bond acceptors (Lipinski definition) is 4. The largest absolute Gasteiger partial charge is 0.397 e. The van der Waals surface area contributed by atoms with E-state index in [0.29, 0.717) is 0 Å². The van der Waals surface area contributed by atoms with Crippen LogP contribution < -0.4 is 0 Å². The Labute approximate surface area is 142 Å². The summed E-state index contributed by atoms with van der Waals surface area (Å²) in [6.07, 6.45) is 2.41. The predicted molar refractivity (Wildman–Crippen MR) is 95.8 cm³/mol. The van der Waals surface area contributed by atoms with E-state index in [4.69, 9.17) is 13.6 Å². The molecule has 5 heteroatoms. The van der Waals surface area contributed by atoms with Crippen molar-refractivity contribution >= 4 is 8.56 Å². The summed E-state index contributed by atoms with van der Waals surface area (Å²) in [5, 5.41) is 0. The second-order valence-corrected chi connectivity index (χ2v) is 9.64. The number of nitrogens with zero attached hydrogens (tertiary/aromatic N) is 1. The minimum Gasteiger partial charge on any atom is -0.397 e. The summed E-state index contributed by atoms with van der Waals surface area (Å²) in [6.45, 7) is 6.06. The van der Waals surface area contributed by atoms with Gasteiger partial charge in [0.1, 0.15) is 0 Å². The van der Waals surface area contributed by atoms with Crippen molar-refractivity contribution in [2.75, 3.05) is 40.5 Å². The fourth-order valence-corrected chi connectivity index (χ4v) is 6.47. The van der Waals surface area contributed by atoms with Gasteiger partial charge in [0.2, 0.25) is 0 Å². The maximum atomic E-state index is 6.63. The fraction of sp³-hybridized carbons (Fsp3) is 0.667. The van der Waals surface area contributed by atoms with Gasteiger partial charge in [0.15, 0.2) is 0 Å². The molecule has 0 radical (unpaired) electrons. The zero-order valence-corrected chi connectivity index (χ0v) is 15.8. The molecule has 1 aromatic carbocycles. The number of benzene rings is 1. The van der Waals surface area contributed by atoms with Crippen molar-refractivity contribution in [3.63, 3.8) is 0 Å². The van der Waals surface area contributed by atoms with E-state index in [-0.39, 0.29) is 6.10 Å². The van der Waals surface area contributed by atoms with Crippen LogP contribution in [0.25, 0.3) is 0 Å². The molecular weight excluding hydrogens is 306 g/mol. The molecule has 1 aromatic rings. The third kappa shape index (κ3) is 5.69. The molecule has 0 aliphatic carbocycles. The van der Waals surface area contributed by atoms with Crippen molar-refractivity contribution in [1.29, 1.82) is 0 Å². The van der Waals surface area contributed by atoms with E-state index in [1.54, 1.807) is 7.11 Å². The lowest BCUT2D eigenvalue weighted by Crippen LogP contribution is -2.52. The molecule has 2 atom stereocenters. The molecule has 130 valence electrons. The molecule has 0 amide bonds. The summed E-state index contributed by atoms with van der Waals surface area (Å²) < 4.78 is 17.9. The van der Waals surface area contributed by atoms with Crippen LogP contribution in [-0.2, 0) is 19.6 Å². The van der Waals surface area contributed by atoms with E-state index in [1.165, 1.54) is 5.56 Å². The molecule has 0 saturated carbocycles. The molecule has 1 fully saturated rings. The fourth-order valence-electron chi connectivity index (χ4n) is 3.25. The molecule has 1 heterocycles. The monoisotopic (exact) mass is 337 g/mol. The first-order chi connectivity index (χ1) is 11.2. The maximum absolute atomic E-state index is 6.63. The van der Waals surface area contributed by atoms with Crippen LogP contribution in [0.2, 0.25) is 6.04 Å². The quantitative estimate of drug-likeness (QED) is 0.716. The van der Waals surface area contributed by atoms with Gasteiger partial charge < -0.3 is 13.6 Å². The average Bonchev–Trinajstić information content (AvgIpc) is 2.57. The van der Waals surface area contributed by atoms with Crippen molar-refractivity contribution in [2.24, 2.45) is 0 Å². The topological polar surface area (TPSA) is 30.9 Å².